The van der Waals surface area contributed by atoms with E-state index in [0.29, 0.717) is 0 Å². The number of rotatable bonds is 1. The summed E-state index contributed by atoms with van der Waals surface area (Å²) in [4.78, 5) is 9.97. The van der Waals surface area contributed by atoms with E-state index in [-0.39, 0.29) is 28.8 Å². The van der Waals surface area contributed by atoms with Gasteiger partial charge in [-0.15, -0.1) is 17.0 Å². The molecule has 0 saturated carbocycles. The van der Waals surface area contributed by atoms with Crippen LogP contribution in [0.3, 0.4) is 0 Å². The Morgan fingerprint density at radius 3 is 2.36 bits per heavy atom. The lowest BCUT2D eigenvalue weighted by molar-refractivity contribution is 0.111. The monoisotopic (exact) mass is 222 g/mol. The maximum atomic E-state index is 12.4. The van der Waals surface area contributed by atoms with Gasteiger partial charge < -0.3 is 0 Å². The molecular weight excluding hydrogens is 218 g/mol. The van der Waals surface area contributed by atoms with Gasteiger partial charge in [0.1, 0.15) is 0 Å². The fourth-order valence-corrected chi connectivity index (χ4v) is 0.611. The van der Waals surface area contributed by atoms with Crippen molar-refractivity contribution in [3.05, 3.63) is 35.4 Å². The first-order chi connectivity index (χ1) is 4.75. The lowest BCUT2D eigenvalue weighted by atomic mass is 10.2. The van der Waals surface area contributed by atoms with Crippen LogP contribution < -0.4 is 0 Å². The molecule has 0 aliphatic heterocycles. The summed E-state index contributed by atoms with van der Waals surface area (Å²) >= 11 is 0. The maximum absolute atomic E-state index is 12.4. The summed E-state index contributed by atoms with van der Waals surface area (Å²) in [7, 11) is 0. The molecule has 0 bridgehead atoms. The molecule has 0 unspecified atom stereocenters. The Bertz CT molecular complexity index is 263. The molecule has 0 saturated heterocycles. The lowest BCUT2D eigenvalue weighted by Gasteiger charge is -1.92. The lowest BCUT2D eigenvalue weighted by Crippen LogP contribution is -1.90. The topological polar surface area (TPSA) is 17.1 Å². The second-order valence-electron chi connectivity index (χ2n) is 1.76. The third-order valence-electron chi connectivity index (χ3n) is 1.11. The Labute approximate surface area is 72.8 Å². The second kappa shape index (κ2) is 4.18. The fraction of sp³-hybridized carbons (Fsp3) is 0. The molecule has 0 N–H and O–H groups in total. The van der Waals surface area contributed by atoms with Crippen LogP contribution >= 0.6 is 17.0 Å². The maximum Gasteiger partial charge on any atom is 0.169 e. The SMILES string of the molecule is Br.O=Cc1cccc(F)c1F. The largest absolute Gasteiger partial charge is 0.298 e. The number of hydrogen-bond acceptors (Lipinski definition) is 1. The molecule has 0 amide bonds. The van der Waals surface area contributed by atoms with Crippen molar-refractivity contribution in [1.82, 2.24) is 0 Å². The third kappa shape index (κ3) is 2.08. The van der Waals surface area contributed by atoms with Gasteiger partial charge in [0.15, 0.2) is 17.9 Å². The fourth-order valence-electron chi connectivity index (χ4n) is 0.611. The van der Waals surface area contributed by atoms with Gasteiger partial charge in [0.25, 0.3) is 0 Å². The summed E-state index contributed by atoms with van der Waals surface area (Å²) in [6.45, 7) is 0. The van der Waals surface area contributed by atoms with Gasteiger partial charge in [0.2, 0.25) is 0 Å². The molecule has 0 fully saturated rings. The van der Waals surface area contributed by atoms with Crippen molar-refractivity contribution in [1.29, 1.82) is 0 Å². The first-order valence-electron chi connectivity index (χ1n) is 2.65. The molecule has 0 atom stereocenters. The minimum absolute atomic E-state index is 0. The average Bonchev–Trinajstić information content (AvgIpc) is 1.95. The molecule has 4 heteroatoms. The number of carbonyl (C=O) groups is 1. The molecular formula is C7H5BrF2O. The molecule has 1 aromatic rings. The van der Waals surface area contributed by atoms with Crippen molar-refractivity contribution in [2.75, 3.05) is 0 Å². The summed E-state index contributed by atoms with van der Waals surface area (Å²) in [5.74, 6) is -2.08. The van der Waals surface area contributed by atoms with Gasteiger partial charge in [0.05, 0.1) is 5.56 Å². The number of aldehydes is 1. The highest BCUT2D eigenvalue weighted by molar-refractivity contribution is 8.93. The van der Waals surface area contributed by atoms with Crippen LogP contribution in [0.25, 0.3) is 0 Å². The quantitative estimate of drug-likeness (QED) is 0.668. The molecule has 0 spiro atoms. The summed E-state index contributed by atoms with van der Waals surface area (Å²) in [6.07, 6.45) is 0.276. The zero-order chi connectivity index (χ0) is 7.56. The predicted octanol–water partition coefficient (Wildman–Crippen LogP) is 2.36. The van der Waals surface area contributed by atoms with Crippen LogP contribution in [0.1, 0.15) is 10.4 Å². The van der Waals surface area contributed by atoms with Gasteiger partial charge in [-0.25, -0.2) is 8.78 Å². The number of halogens is 3. The second-order valence-corrected chi connectivity index (χ2v) is 1.76. The number of benzene rings is 1. The van der Waals surface area contributed by atoms with Gasteiger partial charge in [-0.05, 0) is 12.1 Å². The van der Waals surface area contributed by atoms with E-state index in [1.54, 1.807) is 0 Å². The highest BCUT2D eigenvalue weighted by Gasteiger charge is 2.04. The predicted molar refractivity (Wildman–Crippen MR) is 42.1 cm³/mol. The van der Waals surface area contributed by atoms with Gasteiger partial charge in [0, 0.05) is 0 Å². The molecule has 0 aliphatic carbocycles. The molecule has 0 aromatic heterocycles. The van der Waals surface area contributed by atoms with Gasteiger partial charge >= 0.3 is 0 Å². The van der Waals surface area contributed by atoms with Crippen molar-refractivity contribution in [2.24, 2.45) is 0 Å². The normalized spacial score (nSPS) is 8.55. The van der Waals surface area contributed by atoms with E-state index in [1.807, 2.05) is 0 Å². The minimum Gasteiger partial charge on any atom is -0.298 e. The van der Waals surface area contributed by atoms with Crippen LogP contribution in [-0.2, 0) is 0 Å². The van der Waals surface area contributed by atoms with Crippen molar-refractivity contribution in [2.45, 2.75) is 0 Å². The van der Waals surface area contributed by atoms with Gasteiger partial charge in [-0.3, -0.25) is 4.79 Å². The van der Waals surface area contributed by atoms with Crippen LogP contribution in [0.4, 0.5) is 8.78 Å². The van der Waals surface area contributed by atoms with Crippen LogP contribution in [0.15, 0.2) is 18.2 Å². The molecule has 0 heterocycles. The molecule has 0 aliphatic rings. The first-order valence-corrected chi connectivity index (χ1v) is 2.65. The summed E-state index contributed by atoms with van der Waals surface area (Å²) in [6, 6.07) is 3.45. The smallest absolute Gasteiger partial charge is 0.169 e. The first kappa shape index (κ1) is 10.2. The molecule has 1 nitrogen and oxygen atoms in total. The van der Waals surface area contributed by atoms with E-state index >= 15 is 0 Å². The van der Waals surface area contributed by atoms with Crippen molar-refractivity contribution in [3.63, 3.8) is 0 Å². The van der Waals surface area contributed by atoms with Crippen LogP contribution in [0.5, 0.6) is 0 Å². The Kier molecular flexibility index (Phi) is 3.89. The highest BCUT2D eigenvalue weighted by Crippen LogP contribution is 2.08. The van der Waals surface area contributed by atoms with E-state index in [2.05, 4.69) is 0 Å². The Hall–Kier alpha value is -0.770. The number of hydrogen-bond donors (Lipinski definition) is 0. The van der Waals surface area contributed by atoms with Crippen molar-refractivity contribution >= 4 is 23.3 Å². The van der Waals surface area contributed by atoms with Crippen LogP contribution in [-0.4, -0.2) is 6.29 Å². The summed E-state index contributed by atoms with van der Waals surface area (Å²) < 4.78 is 24.6. The zero-order valence-corrected chi connectivity index (χ0v) is 7.09. The van der Waals surface area contributed by atoms with E-state index in [0.717, 1.165) is 6.07 Å². The Morgan fingerprint density at radius 1 is 1.27 bits per heavy atom. The zero-order valence-electron chi connectivity index (χ0n) is 5.38. The third-order valence-corrected chi connectivity index (χ3v) is 1.11. The Balaban J connectivity index is 0.000001000. The van der Waals surface area contributed by atoms with E-state index in [1.165, 1.54) is 12.1 Å². The molecule has 60 valence electrons. The van der Waals surface area contributed by atoms with Crippen molar-refractivity contribution < 1.29 is 13.6 Å². The van der Waals surface area contributed by atoms with Gasteiger partial charge in [-0.1, -0.05) is 6.07 Å². The molecule has 0 radical (unpaired) electrons. The Morgan fingerprint density at radius 2 is 1.91 bits per heavy atom. The van der Waals surface area contributed by atoms with E-state index < -0.39 is 11.6 Å². The van der Waals surface area contributed by atoms with Crippen LogP contribution in [0.2, 0.25) is 0 Å². The molecule has 1 aromatic carbocycles. The average molecular weight is 223 g/mol. The van der Waals surface area contributed by atoms with E-state index in [9.17, 15) is 13.6 Å². The highest BCUT2D eigenvalue weighted by atomic mass is 79.9. The molecule has 1 rings (SSSR count). The number of carbonyl (C=O) groups excluding carboxylic acids is 1. The van der Waals surface area contributed by atoms with Crippen LogP contribution in [0, 0.1) is 11.6 Å². The summed E-state index contributed by atoms with van der Waals surface area (Å²) in [5.41, 5.74) is -0.250. The van der Waals surface area contributed by atoms with Crippen molar-refractivity contribution in [3.8, 4) is 0 Å². The molecule has 11 heavy (non-hydrogen) atoms. The minimum atomic E-state index is -1.09. The summed E-state index contributed by atoms with van der Waals surface area (Å²) in [5, 5.41) is 0. The standard InChI is InChI=1S/C7H4F2O.BrH/c8-6-3-1-2-5(4-10)7(6)9;/h1-4H;1H. The van der Waals surface area contributed by atoms with E-state index in [4.69, 9.17) is 0 Å². The van der Waals surface area contributed by atoms with Gasteiger partial charge in [-0.2, -0.15) is 0 Å².